The lowest BCUT2D eigenvalue weighted by Gasteiger charge is -2.27. The van der Waals surface area contributed by atoms with Crippen LogP contribution in [-0.4, -0.2) is 46.4 Å². The Morgan fingerprint density at radius 1 is 1.21 bits per heavy atom. The lowest BCUT2D eigenvalue weighted by molar-refractivity contribution is -0.143. The van der Waals surface area contributed by atoms with Gasteiger partial charge in [0.15, 0.2) is 5.76 Å². The minimum Gasteiger partial charge on any atom is -0.490 e. The second kappa shape index (κ2) is 9.85. The van der Waals surface area contributed by atoms with Crippen molar-refractivity contribution in [3.63, 3.8) is 0 Å². The number of carbonyl (C=O) groups excluding carboxylic acids is 1. The SMILES string of the molecule is Cc1noc(-c2ccc(O[C@@H]3CCC[C@@H](C(=O)O)C3)cc2)c1COC(=O)N(C)C(C)C1CC1. The van der Waals surface area contributed by atoms with Crippen LogP contribution in [0.3, 0.4) is 0 Å². The predicted octanol–water partition coefficient (Wildman–Crippen LogP) is 5.04. The fourth-order valence-electron chi connectivity index (χ4n) is 4.44. The molecule has 0 spiro atoms. The molecule has 1 N–H and O–H groups in total. The molecule has 8 nitrogen and oxygen atoms in total. The molecule has 1 aromatic carbocycles. The number of hydrogen-bond donors (Lipinski definition) is 1. The van der Waals surface area contributed by atoms with Crippen molar-refractivity contribution in [2.45, 2.75) is 71.1 Å². The first kappa shape index (κ1) is 23.1. The molecule has 1 unspecified atom stereocenters. The molecule has 0 radical (unpaired) electrons. The second-order valence-electron chi connectivity index (χ2n) is 9.29. The van der Waals surface area contributed by atoms with Gasteiger partial charge in [-0.2, -0.15) is 0 Å². The molecule has 1 aromatic heterocycles. The van der Waals surface area contributed by atoms with Crippen LogP contribution in [0.25, 0.3) is 11.3 Å². The zero-order valence-corrected chi connectivity index (χ0v) is 19.5. The molecule has 0 saturated heterocycles. The van der Waals surface area contributed by atoms with Crippen molar-refractivity contribution in [1.82, 2.24) is 10.1 Å². The second-order valence-corrected chi connectivity index (χ2v) is 9.29. The van der Waals surface area contributed by atoms with Crippen molar-refractivity contribution in [3.05, 3.63) is 35.5 Å². The molecule has 2 aromatic rings. The Bertz CT molecular complexity index is 981. The number of amides is 1. The van der Waals surface area contributed by atoms with Crippen LogP contribution in [0.15, 0.2) is 28.8 Å². The smallest absolute Gasteiger partial charge is 0.410 e. The summed E-state index contributed by atoms with van der Waals surface area (Å²) < 4.78 is 17.1. The van der Waals surface area contributed by atoms with Gasteiger partial charge < -0.3 is 24.0 Å². The maximum atomic E-state index is 12.5. The van der Waals surface area contributed by atoms with E-state index in [1.54, 1.807) is 11.9 Å². The minimum atomic E-state index is -0.749. The highest BCUT2D eigenvalue weighted by molar-refractivity contribution is 5.70. The summed E-state index contributed by atoms with van der Waals surface area (Å²) >= 11 is 0. The molecule has 1 heterocycles. The molecule has 2 fully saturated rings. The molecular weight excluding hydrogens is 424 g/mol. The van der Waals surface area contributed by atoms with Gasteiger partial charge in [0, 0.05) is 18.7 Å². The van der Waals surface area contributed by atoms with Gasteiger partial charge in [-0.05, 0) is 82.6 Å². The van der Waals surface area contributed by atoms with E-state index < -0.39 is 5.97 Å². The Morgan fingerprint density at radius 3 is 2.61 bits per heavy atom. The molecule has 1 amide bonds. The van der Waals surface area contributed by atoms with Gasteiger partial charge in [0.05, 0.1) is 23.3 Å². The van der Waals surface area contributed by atoms with Crippen LogP contribution in [0.4, 0.5) is 4.79 Å². The van der Waals surface area contributed by atoms with E-state index in [1.165, 1.54) is 0 Å². The molecule has 33 heavy (non-hydrogen) atoms. The van der Waals surface area contributed by atoms with Crippen molar-refractivity contribution in [2.24, 2.45) is 11.8 Å². The first-order valence-corrected chi connectivity index (χ1v) is 11.7. The van der Waals surface area contributed by atoms with E-state index in [4.69, 9.17) is 14.0 Å². The number of ether oxygens (including phenoxy) is 2. The third-order valence-corrected chi connectivity index (χ3v) is 6.92. The predicted molar refractivity (Wildman–Crippen MR) is 121 cm³/mol. The average Bonchev–Trinajstić information content (AvgIpc) is 3.60. The highest BCUT2D eigenvalue weighted by Gasteiger charge is 2.33. The molecule has 0 aliphatic heterocycles. The topological polar surface area (TPSA) is 102 Å². The number of hydrogen-bond acceptors (Lipinski definition) is 6. The van der Waals surface area contributed by atoms with E-state index in [0.29, 0.717) is 36.0 Å². The summed E-state index contributed by atoms with van der Waals surface area (Å²) in [6.07, 6.45) is 4.83. The Morgan fingerprint density at radius 2 is 1.94 bits per heavy atom. The highest BCUT2D eigenvalue weighted by Crippen LogP contribution is 2.35. The first-order chi connectivity index (χ1) is 15.8. The third-order valence-electron chi connectivity index (χ3n) is 6.92. The summed E-state index contributed by atoms with van der Waals surface area (Å²) in [5, 5.41) is 13.3. The molecule has 8 heteroatoms. The summed E-state index contributed by atoms with van der Waals surface area (Å²) in [5.41, 5.74) is 2.22. The maximum Gasteiger partial charge on any atom is 0.410 e. The first-order valence-electron chi connectivity index (χ1n) is 11.7. The standard InChI is InChI=1S/C25H32N2O6/c1-15-22(14-31-25(30)27(3)16(2)17-7-8-17)23(33-26-15)18-9-11-20(12-10-18)32-21-6-4-5-19(13-21)24(28)29/h9-12,16-17,19,21H,4-8,13-14H2,1-3H3,(H,28,29)/t16?,19-,21-/m1/s1. The molecule has 2 aliphatic carbocycles. The van der Waals surface area contributed by atoms with Gasteiger partial charge in [-0.1, -0.05) is 5.16 Å². The van der Waals surface area contributed by atoms with E-state index in [0.717, 1.165) is 36.8 Å². The van der Waals surface area contributed by atoms with Crippen LogP contribution in [0.1, 0.15) is 56.7 Å². The number of carboxylic acid groups (broad SMARTS) is 1. The number of aryl methyl sites for hydroxylation is 1. The summed E-state index contributed by atoms with van der Waals surface area (Å²) in [4.78, 5) is 25.4. The van der Waals surface area contributed by atoms with Crippen molar-refractivity contribution in [3.8, 4) is 17.1 Å². The van der Waals surface area contributed by atoms with E-state index in [9.17, 15) is 14.7 Å². The number of aromatic nitrogens is 1. The quantitative estimate of drug-likeness (QED) is 0.594. The molecule has 3 atom stereocenters. The van der Waals surface area contributed by atoms with Crippen LogP contribution in [0, 0.1) is 18.8 Å². The Balaban J connectivity index is 1.38. The largest absolute Gasteiger partial charge is 0.490 e. The van der Waals surface area contributed by atoms with E-state index in [1.807, 2.05) is 38.1 Å². The van der Waals surface area contributed by atoms with Crippen LogP contribution in [-0.2, 0) is 16.1 Å². The zero-order valence-electron chi connectivity index (χ0n) is 19.5. The number of carbonyl (C=O) groups is 2. The van der Waals surface area contributed by atoms with Gasteiger partial charge in [-0.25, -0.2) is 4.79 Å². The fourth-order valence-corrected chi connectivity index (χ4v) is 4.44. The molecule has 178 valence electrons. The zero-order chi connectivity index (χ0) is 23.5. The lowest BCUT2D eigenvalue weighted by atomic mass is 9.87. The third kappa shape index (κ3) is 5.49. The van der Waals surface area contributed by atoms with Gasteiger partial charge >= 0.3 is 12.1 Å². The number of rotatable bonds is 8. The normalized spacial score (nSPS) is 21.3. The van der Waals surface area contributed by atoms with Crippen molar-refractivity contribution in [1.29, 1.82) is 0 Å². The molecule has 2 saturated carbocycles. The number of benzene rings is 1. The molecular formula is C25H32N2O6. The van der Waals surface area contributed by atoms with Gasteiger partial charge in [0.1, 0.15) is 12.4 Å². The van der Waals surface area contributed by atoms with Gasteiger partial charge in [-0.3, -0.25) is 4.79 Å². The Labute approximate surface area is 193 Å². The number of aliphatic carboxylic acids is 1. The monoisotopic (exact) mass is 456 g/mol. The van der Waals surface area contributed by atoms with Gasteiger partial charge in [0.25, 0.3) is 0 Å². The minimum absolute atomic E-state index is 0.0854. The molecule has 4 rings (SSSR count). The van der Waals surface area contributed by atoms with Crippen molar-refractivity contribution >= 4 is 12.1 Å². The highest BCUT2D eigenvalue weighted by atomic mass is 16.6. The van der Waals surface area contributed by atoms with Crippen molar-refractivity contribution in [2.75, 3.05) is 7.05 Å². The number of carboxylic acids is 1. The number of nitrogens with zero attached hydrogens (tertiary/aromatic N) is 2. The van der Waals surface area contributed by atoms with Crippen LogP contribution < -0.4 is 4.74 Å². The molecule has 0 bridgehead atoms. The Hall–Kier alpha value is -3.03. The van der Waals surface area contributed by atoms with Gasteiger partial charge in [0.2, 0.25) is 0 Å². The Kier molecular flexibility index (Phi) is 6.91. The molecule has 2 aliphatic rings. The van der Waals surface area contributed by atoms with Crippen LogP contribution in [0.5, 0.6) is 5.75 Å². The summed E-state index contributed by atoms with van der Waals surface area (Å²) in [6.45, 7) is 3.96. The summed E-state index contributed by atoms with van der Waals surface area (Å²) in [7, 11) is 1.77. The van der Waals surface area contributed by atoms with E-state index >= 15 is 0 Å². The summed E-state index contributed by atoms with van der Waals surface area (Å²) in [6, 6.07) is 7.61. The van der Waals surface area contributed by atoms with Crippen LogP contribution in [0.2, 0.25) is 0 Å². The fraction of sp³-hybridized carbons (Fsp3) is 0.560. The average molecular weight is 457 g/mol. The van der Waals surface area contributed by atoms with Crippen LogP contribution >= 0.6 is 0 Å². The van der Waals surface area contributed by atoms with E-state index in [2.05, 4.69) is 5.16 Å². The summed E-state index contributed by atoms with van der Waals surface area (Å²) in [5.74, 6) is 0.736. The van der Waals surface area contributed by atoms with E-state index in [-0.39, 0.29) is 30.8 Å². The van der Waals surface area contributed by atoms with Crippen molar-refractivity contribution < 1.29 is 28.7 Å². The lowest BCUT2D eigenvalue weighted by Crippen LogP contribution is -2.36. The van der Waals surface area contributed by atoms with Gasteiger partial charge in [-0.15, -0.1) is 0 Å². The maximum absolute atomic E-state index is 12.5.